The number of rotatable bonds is 5. The van der Waals surface area contributed by atoms with Crippen LogP contribution < -0.4 is 5.32 Å². The first-order valence-electron chi connectivity index (χ1n) is 7.34. The summed E-state index contributed by atoms with van der Waals surface area (Å²) in [5.74, 6) is 0.185. The van der Waals surface area contributed by atoms with Gasteiger partial charge in [0.25, 0.3) is 5.22 Å². The zero-order chi connectivity index (χ0) is 17.8. The zero-order valence-corrected chi connectivity index (χ0v) is 15.4. The van der Waals surface area contributed by atoms with Gasteiger partial charge in [-0.15, -0.1) is 10.2 Å². The van der Waals surface area contributed by atoms with Crippen LogP contribution in [0, 0.1) is 0 Å². The molecule has 0 bridgehead atoms. The van der Waals surface area contributed by atoms with Crippen LogP contribution in [-0.2, 0) is 4.79 Å². The number of halogens is 2. The number of nitrogens with zero attached hydrogens (tertiary/aromatic N) is 2. The number of carbonyl (C=O) groups is 1. The van der Waals surface area contributed by atoms with Gasteiger partial charge in [0.2, 0.25) is 11.8 Å². The van der Waals surface area contributed by atoms with Crippen LogP contribution in [0.3, 0.4) is 0 Å². The minimum Gasteiger partial charge on any atom is -0.411 e. The Kier molecular flexibility index (Phi) is 5.63. The fraction of sp³-hybridized carbons (Fsp3) is 0.118. The van der Waals surface area contributed by atoms with Gasteiger partial charge in [0.15, 0.2) is 0 Å². The summed E-state index contributed by atoms with van der Waals surface area (Å²) < 4.78 is 5.60. The molecule has 2 aromatic carbocycles. The molecule has 0 saturated heterocycles. The van der Waals surface area contributed by atoms with Gasteiger partial charge >= 0.3 is 0 Å². The molecule has 5 nitrogen and oxygen atoms in total. The summed E-state index contributed by atoms with van der Waals surface area (Å²) in [5, 5.41) is 11.9. The predicted molar refractivity (Wildman–Crippen MR) is 100 cm³/mol. The van der Waals surface area contributed by atoms with Crippen molar-refractivity contribution in [2.45, 2.75) is 17.4 Å². The first-order chi connectivity index (χ1) is 12.0. The zero-order valence-electron chi connectivity index (χ0n) is 13.1. The highest BCUT2D eigenvalue weighted by Gasteiger charge is 2.19. The molecule has 1 N–H and O–H groups in total. The van der Waals surface area contributed by atoms with E-state index >= 15 is 0 Å². The molecule has 0 aliphatic heterocycles. The van der Waals surface area contributed by atoms with Gasteiger partial charge in [-0.3, -0.25) is 4.79 Å². The number of nitrogens with one attached hydrogen (secondary N) is 1. The first kappa shape index (κ1) is 17.8. The second kappa shape index (κ2) is 7.91. The van der Waals surface area contributed by atoms with E-state index in [0.29, 0.717) is 26.8 Å². The monoisotopic (exact) mass is 393 g/mol. The van der Waals surface area contributed by atoms with Crippen molar-refractivity contribution in [2.75, 3.05) is 5.32 Å². The van der Waals surface area contributed by atoms with E-state index in [2.05, 4.69) is 15.5 Å². The molecule has 3 rings (SSSR count). The Morgan fingerprint density at radius 2 is 1.88 bits per heavy atom. The Balaban J connectivity index is 1.64. The van der Waals surface area contributed by atoms with Crippen LogP contribution in [0.2, 0.25) is 10.0 Å². The lowest BCUT2D eigenvalue weighted by molar-refractivity contribution is -0.115. The highest BCUT2D eigenvalue weighted by atomic mass is 35.5. The summed E-state index contributed by atoms with van der Waals surface area (Å²) in [6.07, 6.45) is 0. The van der Waals surface area contributed by atoms with E-state index in [1.807, 2.05) is 6.07 Å². The second-order valence-electron chi connectivity index (χ2n) is 5.14. The van der Waals surface area contributed by atoms with Gasteiger partial charge in [-0.25, -0.2) is 0 Å². The molecule has 8 heteroatoms. The maximum absolute atomic E-state index is 12.3. The average Bonchev–Trinajstić information content (AvgIpc) is 3.05. The summed E-state index contributed by atoms with van der Waals surface area (Å²) in [5.41, 5.74) is 1.40. The molecule has 1 atom stereocenters. The molecule has 1 aromatic heterocycles. The molecule has 0 aliphatic rings. The van der Waals surface area contributed by atoms with Gasteiger partial charge in [-0.05, 0) is 49.4 Å². The number of carbonyl (C=O) groups excluding carboxylic acids is 1. The van der Waals surface area contributed by atoms with E-state index < -0.39 is 5.25 Å². The molecular formula is C17H13Cl2N3O2S. The molecule has 0 spiro atoms. The van der Waals surface area contributed by atoms with Gasteiger partial charge in [0, 0.05) is 21.3 Å². The number of benzene rings is 2. The Hall–Kier alpha value is -2.02. The number of hydrogen-bond acceptors (Lipinski definition) is 5. The van der Waals surface area contributed by atoms with Crippen LogP contribution in [0.4, 0.5) is 5.69 Å². The molecule has 25 heavy (non-hydrogen) atoms. The van der Waals surface area contributed by atoms with E-state index in [0.717, 1.165) is 5.56 Å². The fourth-order valence-corrected chi connectivity index (χ4v) is 2.98. The quantitative estimate of drug-likeness (QED) is 0.606. The van der Waals surface area contributed by atoms with Gasteiger partial charge in [-0.2, -0.15) is 0 Å². The van der Waals surface area contributed by atoms with Crippen molar-refractivity contribution in [3.8, 4) is 11.5 Å². The number of aromatic nitrogens is 2. The Morgan fingerprint density at radius 3 is 2.60 bits per heavy atom. The van der Waals surface area contributed by atoms with Crippen LogP contribution in [0.1, 0.15) is 6.92 Å². The highest BCUT2D eigenvalue weighted by molar-refractivity contribution is 8.00. The third-order valence-corrected chi connectivity index (χ3v) is 4.66. The largest absolute Gasteiger partial charge is 0.411 e. The minimum atomic E-state index is -0.414. The first-order valence-corrected chi connectivity index (χ1v) is 8.97. The molecular weight excluding hydrogens is 381 g/mol. The topological polar surface area (TPSA) is 68.0 Å². The lowest BCUT2D eigenvalue weighted by Gasteiger charge is -2.09. The van der Waals surface area contributed by atoms with Gasteiger partial charge in [-0.1, -0.05) is 41.0 Å². The van der Waals surface area contributed by atoms with Gasteiger partial charge in [0.1, 0.15) is 0 Å². The minimum absolute atomic E-state index is 0.171. The summed E-state index contributed by atoms with van der Waals surface area (Å²) in [6, 6.07) is 14.0. The molecule has 0 saturated carbocycles. The molecule has 0 unspecified atom stereocenters. The van der Waals surface area contributed by atoms with Crippen LogP contribution in [-0.4, -0.2) is 21.4 Å². The lowest BCUT2D eigenvalue weighted by Crippen LogP contribution is -2.22. The number of hydrogen-bond donors (Lipinski definition) is 1. The third-order valence-electron chi connectivity index (χ3n) is 3.24. The molecule has 128 valence electrons. The van der Waals surface area contributed by atoms with Gasteiger partial charge in [0.05, 0.1) is 5.25 Å². The Bertz CT molecular complexity index is 884. The summed E-state index contributed by atoms with van der Waals surface area (Å²) in [4.78, 5) is 12.3. The van der Waals surface area contributed by atoms with Crippen molar-refractivity contribution >= 4 is 46.6 Å². The van der Waals surface area contributed by atoms with Crippen LogP contribution in [0.25, 0.3) is 11.5 Å². The normalized spacial score (nSPS) is 12.0. The highest BCUT2D eigenvalue weighted by Crippen LogP contribution is 2.28. The molecule has 1 amide bonds. The number of amides is 1. The third kappa shape index (κ3) is 4.75. The molecule has 1 heterocycles. The standard InChI is InChI=1S/C17H13Cl2N3O2S/c1-10(15(23)20-14-7-5-12(18)6-8-14)25-17-22-21-16(24-17)11-3-2-4-13(19)9-11/h2-10H,1H3,(H,20,23)/t10-/m0/s1. The maximum Gasteiger partial charge on any atom is 0.277 e. The van der Waals surface area contributed by atoms with E-state index in [-0.39, 0.29) is 5.91 Å². The smallest absolute Gasteiger partial charge is 0.277 e. The molecule has 0 radical (unpaired) electrons. The van der Waals surface area contributed by atoms with Crippen molar-refractivity contribution < 1.29 is 9.21 Å². The predicted octanol–water partition coefficient (Wildman–Crippen LogP) is 5.16. The van der Waals surface area contributed by atoms with Crippen LogP contribution >= 0.6 is 35.0 Å². The Labute approximate surface area is 158 Å². The fourth-order valence-electron chi connectivity index (χ4n) is 1.98. The van der Waals surface area contributed by atoms with E-state index in [1.54, 1.807) is 49.4 Å². The summed E-state index contributed by atoms with van der Waals surface area (Å²) >= 11 is 13.0. The van der Waals surface area contributed by atoms with Crippen molar-refractivity contribution in [3.63, 3.8) is 0 Å². The SMILES string of the molecule is C[C@H](Sc1nnc(-c2cccc(Cl)c2)o1)C(=O)Nc1ccc(Cl)cc1. The van der Waals surface area contributed by atoms with Crippen molar-refractivity contribution in [3.05, 3.63) is 58.6 Å². The maximum atomic E-state index is 12.3. The summed E-state index contributed by atoms with van der Waals surface area (Å²) in [7, 11) is 0. The Morgan fingerprint density at radius 1 is 1.12 bits per heavy atom. The number of thioether (sulfide) groups is 1. The molecule has 0 fully saturated rings. The van der Waals surface area contributed by atoms with E-state index in [4.69, 9.17) is 27.6 Å². The number of anilines is 1. The molecule has 0 aliphatic carbocycles. The van der Waals surface area contributed by atoms with Gasteiger partial charge < -0.3 is 9.73 Å². The van der Waals surface area contributed by atoms with Crippen molar-refractivity contribution in [1.29, 1.82) is 0 Å². The van der Waals surface area contributed by atoms with Crippen LogP contribution in [0.15, 0.2) is 58.2 Å². The van der Waals surface area contributed by atoms with Crippen molar-refractivity contribution in [2.24, 2.45) is 0 Å². The van der Waals surface area contributed by atoms with Crippen molar-refractivity contribution in [1.82, 2.24) is 10.2 Å². The average molecular weight is 394 g/mol. The van der Waals surface area contributed by atoms with Crippen LogP contribution in [0.5, 0.6) is 0 Å². The second-order valence-corrected chi connectivity index (χ2v) is 7.30. The summed E-state index contributed by atoms with van der Waals surface area (Å²) in [6.45, 7) is 1.76. The van der Waals surface area contributed by atoms with E-state index in [1.165, 1.54) is 11.8 Å². The van der Waals surface area contributed by atoms with E-state index in [9.17, 15) is 4.79 Å². The lowest BCUT2D eigenvalue weighted by atomic mass is 10.2. The molecule has 3 aromatic rings.